The van der Waals surface area contributed by atoms with E-state index in [1.54, 1.807) is 4.90 Å². The molecule has 1 aliphatic heterocycles. The van der Waals surface area contributed by atoms with Gasteiger partial charge in [0.1, 0.15) is 11.2 Å². The highest BCUT2D eigenvalue weighted by Gasteiger charge is 2.34. The summed E-state index contributed by atoms with van der Waals surface area (Å²) in [7, 11) is 0. The zero-order valence-corrected chi connectivity index (χ0v) is 15.8. The molecule has 0 radical (unpaired) electrons. The largest absolute Gasteiger partial charge is 0.456 e. The molecule has 1 fully saturated rings. The monoisotopic (exact) mass is 384 g/mol. The summed E-state index contributed by atoms with van der Waals surface area (Å²) in [6.07, 6.45) is 0.242. The van der Waals surface area contributed by atoms with Crippen molar-refractivity contribution < 1.29 is 14.0 Å². The van der Waals surface area contributed by atoms with Crippen LogP contribution in [0.25, 0.3) is 21.9 Å². The van der Waals surface area contributed by atoms with E-state index >= 15 is 0 Å². The molecule has 29 heavy (non-hydrogen) atoms. The minimum absolute atomic E-state index is 0.0155. The number of hydrogen-bond donors (Lipinski definition) is 1. The number of para-hydroxylation sites is 1. The molecule has 1 saturated heterocycles. The zero-order valence-electron chi connectivity index (χ0n) is 15.8. The molecule has 1 aromatic heterocycles. The van der Waals surface area contributed by atoms with E-state index in [0.29, 0.717) is 18.8 Å². The standard InChI is InChI=1S/C24H20N2O3/c27-23-12-17(15-26(23)14-16-6-2-1-3-7-16)24(28)25-18-10-11-20-19-8-4-5-9-21(19)29-22(20)13-18/h1-11,13,17H,12,14-15H2,(H,25,28). The Morgan fingerprint density at radius 2 is 1.72 bits per heavy atom. The fourth-order valence-corrected chi connectivity index (χ4v) is 3.95. The lowest BCUT2D eigenvalue weighted by Crippen LogP contribution is -2.28. The van der Waals surface area contributed by atoms with E-state index in [4.69, 9.17) is 4.42 Å². The average molecular weight is 384 g/mol. The normalized spacial score (nSPS) is 16.6. The molecule has 0 spiro atoms. The third kappa shape index (κ3) is 3.36. The van der Waals surface area contributed by atoms with Crippen molar-refractivity contribution in [2.24, 2.45) is 5.92 Å². The summed E-state index contributed by atoms with van der Waals surface area (Å²) < 4.78 is 5.89. The maximum absolute atomic E-state index is 12.7. The summed E-state index contributed by atoms with van der Waals surface area (Å²) in [5.74, 6) is -0.469. The molecule has 5 nitrogen and oxygen atoms in total. The molecule has 4 aromatic rings. The molecular weight excluding hydrogens is 364 g/mol. The van der Waals surface area contributed by atoms with Crippen molar-refractivity contribution in [1.82, 2.24) is 4.90 Å². The number of furan rings is 1. The first-order chi connectivity index (χ1) is 14.2. The van der Waals surface area contributed by atoms with Crippen molar-refractivity contribution >= 4 is 39.4 Å². The van der Waals surface area contributed by atoms with Crippen LogP contribution in [0.15, 0.2) is 77.2 Å². The Morgan fingerprint density at radius 3 is 2.59 bits per heavy atom. The lowest BCUT2D eigenvalue weighted by Gasteiger charge is -2.16. The third-order valence-electron chi connectivity index (χ3n) is 5.45. The Balaban J connectivity index is 1.30. The molecule has 1 unspecified atom stereocenters. The summed E-state index contributed by atoms with van der Waals surface area (Å²) in [6.45, 7) is 0.973. The van der Waals surface area contributed by atoms with Gasteiger partial charge in [0.25, 0.3) is 0 Å². The lowest BCUT2D eigenvalue weighted by atomic mass is 10.1. The van der Waals surface area contributed by atoms with Crippen molar-refractivity contribution in [3.05, 3.63) is 78.4 Å². The van der Waals surface area contributed by atoms with Crippen LogP contribution in [0.3, 0.4) is 0 Å². The minimum atomic E-state index is -0.349. The molecule has 5 rings (SSSR count). The highest BCUT2D eigenvalue weighted by molar-refractivity contribution is 6.06. The molecule has 144 valence electrons. The van der Waals surface area contributed by atoms with Crippen molar-refractivity contribution in [2.45, 2.75) is 13.0 Å². The van der Waals surface area contributed by atoms with Crippen LogP contribution in [0.4, 0.5) is 5.69 Å². The molecule has 1 aliphatic rings. The van der Waals surface area contributed by atoms with Gasteiger partial charge in [-0.3, -0.25) is 9.59 Å². The number of amides is 2. The third-order valence-corrected chi connectivity index (χ3v) is 5.45. The summed E-state index contributed by atoms with van der Waals surface area (Å²) in [5, 5.41) is 5.02. The van der Waals surface area contributed by atoms with Gasteiger partial charge in [0.15, 0.2) is 0 Å². The molecule has 0 bridgehead atoms. The minimum Gasteiger partial charge on any atom is -0.456 e. The van der Waals surface area contributed by atoms with Crippen LogP contribution in [0.5, 0.6) is 0 Å². The van der Waals surface area contributed by atoms with Crippen LogP contribution in [-0.2, 0) is 16.1 Å². The Kier molecular flexibility index (Phi) is 4.28. The van der Waals surface area contributed by atoms with Crippen LogP contribution in [-0.4, -0.2) is 23.3 Å². The number of carbonyl (C=O) groups is 2. The number of carbonyl (C=O) groups excluding carboxylic acids is 2. The maximum atomic E-state index is 12.7. The summed E-state index contributed by atoms with van der Waals surface area (Å²) >= 11 is 0. The fraction of sp³-hybridized carbons (Fsp3) is 0.167. The molecule has 2 amide bonds. The first kappa shape index (κ1) is 17.5. The quantitative estimate of drug-likeness (QED) is 0.560. The average Bonchev–Trinajstić information content (AvgIpc) is 3.29. The SMILES string of the molecule is O=C(Nc1ccc2c(c1)oc1ccccc12)C1CC(=O)N(Cc2ccccc2)C1. The summed E-state index contributed by atoms with van der Waals surface area (Å²) in [5.41, 5.74) is 3.30. The van der Waals surface area contributed by atoms with Gasteiger partial charge in [-0.15, -0.1) is 0 Å². The number of fused-ring (bicyclic) bond motifs is 3. The molecule has 3 aromatic carbocycles. The van der Waals surface area contributed by atoms with Crippen LogP contribution >= 0.6 is 0 Å². The number of nitrogens with zero attached hydrogens (tertiary/aromatic N) is 1. The molecule has 0 saturated carbocycles. The lowest BCUT2D eigenvalue weighted by molar-refractivity contribution is -0.128. The van der Waals surface area contributed by atoms with Gasteiger partial charge < -0.3 is 14.6 Å². The number of benzene rings is 3. The second kappa shape index (κ2) is 7.09. The van der Waals surface area contributed by atoms with E-state index < -0.39 is 0 Å². The van der Waals surface area contributed by atoms with E-state index in [1.165, 1.54) is 0 Å². The molecule has 1 N–H and O–H groups in total. The van der Waals surface area contributed by atoms with Gasteiger partial charge in [-0.2, -0.15) is 0 Å². The van der Waals surface area contributed by atoms with Crippen LogP contribution in [0.1, 0.15) is 12.0 Å². The summed E-state index contributed by atoms with van der Waals surface area (Å²) in [4.78, 5) is 26.8. The Labute approximate surface area is 167 Å². The van der Waals surface area contributed by atoms with Gasteiger partial charge in [0.2, 0.25) is 11.8 Å². The summed E-state index contributed by atoms with van der Waals surface area (Å²) in [6, 6.07) is 23.4. The zero-order chi connectivity index (χ0) is 19.8. The van der Waals surface area contributed by atoms with E-state index in [9.17, 15) is 9.59 Å². The number of nitrogens with one attached hydrogen (secondary N) is 1. The molecule has 2 heterocycles. The van der Waals surface area contributed by atoms with Crippen molar-refractivity contribution in [3.8, 4) is 0 Å². The molecular formula is C24H20N2O3. The van der Waals surface area contributed by atoms with Crippen LogP contribution < -0.4 is 5.32 Å². The van der Waals surface area contributed by atoms with Crippen LogP contribution in [0.2, 0.25) is 0 Å². The second-order valence-corrected chi connectivity index (χ2v) is 7.46. The second-order valence-electron chi connectivity index (χ2n) is 7.46. The highest BCUT2D eigenvalue weighted by Crippen LogP contribution is 2.31. The number of anilines is 1. The van der Waals surface area contributed by atoms with Crippen molar-refractivity contribution in [2.75, 3.05) is 11.9 Å². The number of rotatable bonds is 4. The van der Waals surface area contributed by atoms with Crippen molar-refractivity contribution in [1.29, 1.82) is 0 Å². The van der Waals surface area contributed by atoms with Gasteiger partial charge in [-0.25, -0.2) is 0 Å². The highest BCUT2D eigenvalue weighted by atomic mass is 16.3. The van der Waals surface area contributed by atoms with E-state index in [0.717, 1.165) is 27.5 Å². The first-order valence-electron chi connectivity index (χ1n) is 9.71. The maximum Gasteiger partial charge on any atom is 0.229 e. The van der Waals surface area contributed by atoms with Gasteiger partial charge in [-0.1, -0.05) is 48.5 Å². The van der Waals surface area contributed by atoms with Gasteiger partial charge in [0, 0.05) is 42.0 Å². The van der Waals surface area contributed by atoms with Gasteiger partial charge >= 0.3 is 0 Å². The van der Waals surface area contributed by atoms with E-state index in [-0.39, 0.29) is 24.2 Å². The Morgan fingerprint density at radius 1 is 0.966 bits per heavy atom. The smallest absolute Gasteiger partial charge is 0.229 e. The van der Waals surface area contributed by atoms with E-state index in [2.05, 4.69) is 5.32 Å². The molecule has 0 aliphatic carbocycles. The topological polar surface area (TPSA) is 62.6 Å². The fourth-order valence-electron chi connectivity index (χ4n) is 3.95. The Hall–Kier alpha value is -3.60. The predicted molar refractivity (Wildman–Crippen MR) is 112 cm³/mol. The van der Waals surface area contributed by atoms with E-state index in [1.807, 2.05) is 72.8 Å². The molecule has 5 heteroatoms. The predicted octanol–water partition coefficient (Wildman–Crippen LogP) is 4.57. The van der Waals surface area contributed by atoms with Crippen LogP contribution in [0, 0.1) is 5.92 Å². The first-order valence-corrected chi connectivity index (χ1v) is 9.71. The van der Waals surface area contributed by atoms with Crippen molar-refractivity contribution in [3.63, 3.8) is 0 Å². The number of likely N-dealkylation sites (tertiary alicyclic amines) is 1. The molecule has 1 atom stereocenters. The Bertz CT molecular complexity index is 1210. The van der Waals surface area contributed by atoms with Gasteiger partial charge in [0.05, 0.1) is 5.92 Å². The van der Waals surface area contributed by atoms with Gasteiger partial charge in [-0.05, 0) is 23.8 Å². The number of hydrogen-bond acceptors (Lipinski definition) is 3.